The second-order valence-electron chi connectivity index (χ2n) is 5.31. The molecule has 9 heteroatoms. The quantitative estimate of drug-likeness (QED) is 0.495. The lowest BCUT2D eigenvalue weighted by Gasteiger charge is -2.32. The summed E-state index contributed by atoms with van der Waals surface area (Å²) >= 11 is 4.50. The zero-order chi connectivity index (χ0) is 16.9. The molecule has 0 spiro atoms. The summed E-state index contributed by atoms with van der Waals surface area (Å²) in [4.78, 5) is 13.6. The number of nitrogens with zero attached hydrogens (tertiary/aromatic N) is 2. The minimum Gasteiger partial charge on any atom is -0.465 e. The fourth-order valence-corrected chi connectivity index (χ4v) is 5.84. The van der Waals surface area contributed by atoms with Crippen LogP contribution in [0.1, 0.15) is 19.8 Å². The van der Waals surface area contributed by atoms with Gasteiger partial charge >= 0.3 is 5.97 Å². The topological polar surface area (TPSA) is 66.9 Å². The van der Waals surface area contributed by atoms with Gasteiger partial charge in [-0.1, -0.05) is 13.3 Å². The van der Waals surface area contributed by atoms with Gasteiger partial charge < -0.3 is 4.74 Å². The van der Waals surface area contributed by atoms with Crippen molar-refractivity contribution in [2.24, 2.45) is 0 Å². The van der Waals surface area contributed by atoms with Crippen LogP contribution >= 0.6 is 27.3 Å². The number of ether oxygens (including phenoxy) is 1. The molecule has 2 heterocycles. The predicted octanol–water partition coefficient (Wildman–Crippen LogP) is 2.16. The van der Waals surface area contributed by atoms with Gasteiger partial charge in [0.05, 0.1) is 16.9 Å². The number of piperazine rings is 1. The summed E-state index contributed by atoms with van der Waals surface area (Å²) in [5, 5.41) is 0. The highest BCUT2D eigenvalue weighted by Gasteiger charge is 2.30. The average Bonchev–Trinajstić information content (AvgIpc) is 2.95. The number of esters is 1. The molecule has 130 valence electrons. The molecule has 2 rings (SSSR count). The van der Waals surface area contributed by atoms with Gasteiger partial charge in [-0.05, 0) is 34.5 Å². The number of rotatable bonds is 7. The van der Waals surface area contributed by atoms with Crippen molar-refractivity contribution in [3.05, 3.63) is 15.9 Å². The largest absolute Gasteiger partial charge is 0.465 e. The third kappa shape index (κ3) is 5.25. The van der Waals surface area contributed by atoms with Crippen molar-refractivity contribution < 1.29 is 17.9 Å². The summed E-state index contributed by atoms with van der Waals surface area (Å²) < 4.78 is 32.8. The molecule has 0 bridgehead atoms. The first-order chi connectivity index (χ1) is 10.9. The number of sulfonamides is 1. The molecule has 23 heavy (non-hydrogen) atoms. The van der Waals surface area contributed by atoms with Crippen molar-refractivity contribution in [1.82, 2.24) is 9.21 Å². The second kappa shape index (κ2) is 8.57. The van der Waals surface area contributed by atoms with E-state index in [9.17, 15) is 13.2 Å². The van der Waals surface area contributed by atoms with Gasteiger partial charge in [0.2, 0.25) is 0 Å². The Bertz CT molecular complexity index is 624. The molecule has 1 aliphatic rings. The van der Waals surface area contributed by atoms with Gasteiger partial charge in [0.25, 0.3) is 10.0 Å². The van der Waals surface area contributed by atoms with E-state index in [4.69, 9.17) is 4.74 Å². The minimum atomic E-state index is -3.43. The molecule has 1 aromatic heterocycles. The molecule has 6 nitrogen and oxygen atoms in total. The number of carbonyl (C=O) groups excluding carboxylic acids is 1. The average molecular weight is 425 g/mol. The molecular weight excluding hydrogens is 404 g/mol. The number of hydrogen-bond acceptors (Lipinski definition) is 6. The van der Waals surface area contributed by atoms with E-state index in [2.05, 4.69) is 15.9 Å². The lowest BCUT2D eigenvalue weighted by molar-refractivity contribution is -0.145. The summed E-state index contributed by atoms with van der Waals surface area (Å²) in [5.74, 6) is -0.239. The van der Waals surface area contributed by atoms with Gasteiger partial charge in [0.15, 0.2) is 0 Å². The van der Waals surface area contributed by atoms with Crippen molar-refractivity contribution >= 4 is 43.3 Å². The van der Waals surface area contributed by atoms with E-state index >= 15 is 0 Å². The normalized spacial score (nSPS) is 17.3. The van der Waals surface area contributed by atoms with Crippen LogP contribution in [-0.2, 0) is 19.6 Å². The maximum Gasteiger partial charge on any atom is 0.320 e. The Labute approximate surface area is 149 Å². The fourth-order valence-electron chi connectivity index (χ4n) is 2.25. The van der Waals surface area contributed by atoms with Gasteiger partial charge in [-0.3, -0.25) is 9.69 Å². The highest BCUT2D eigenvalue weighted by atomic mass is 79.9. The smallest absolute Gasteiger partial charge is 0.320 e. The fraction of sp³-hybridized carbons (Fsp3) is 0.643. The van der Waals surface area contributed by atoms with E-state index in [1.807, 2.05) is 11.8 Å². The minimum absolute atomic E-state index is 0.224. The van der Waals surface area contributed by atoms with Crippen LogP contribution in [0.4, 0.5) is 0 Å². The zero-order valence-corrected chi connectivity index (χ0v) is 16.3. The Morgan fingerprint density at radius 2 is 2.00 bits per heavy atom. The molecule has 1 aromatic rings. The zero-order valence-electron chi connectivity index (χ0n) is 13.0. The van der Waals surface area contributed by atoms with Crippen LogP contribution in [0, 0.1) is 0 Å². The van der Waals surface area contributed by atoms with Gasteiger partial charge in [0.1, 0.15) is 4.21 Å². The molecule has 0 N–H and O–H groups in total. The number of hydrogen-bond donors (Lipinski definition) is 0. The Morgan fingerprint density at radius 3 is 2.57 bits per heavy atom. The van der Waals surface area contributed by atoms with Gasteiger partial charge in [0, 0.05) is 26.2 Å². The lowest BCUT2D eigenvalue weighted by Crippen LogP contribution is -2.49. The van der Waals surface area contributed by atoms with Crippen LogP contribution < -0.4 is 0 Å². The highest BCUT2D eigenvalue weighted by Crippen LogP contribution is 2.28. The molecular formula is C14H21BrN2O4S2. The second-order valence-corrected chi connectivity index (χ2v) is 9.94. The Kier molecular flexibility index (Phi) is 7.02. The van der Waals surface area contributed by atoms with E-state index in [-0.39, 0.29) is 12.5 Å². The van der Waals surface area contributed by atoms with Crippen molar-refractivity contribution in [3.8, 4) is 0 Å². The summed E-state index contributed by atoms with van der Waals surface area (Å²) in [7, 11) is -3.43. The predicted molar refractivity (Wildman–Crippen MR) is 93.1 cm³/mol. The maximum atomic E-state index is 12.5. The van der Waals surface area contributed by atoms with Crippen molar-refractivity contribution in [2.45, 2.75) is 24.0 Å². The number of unbranched alkanes of at least 4 members (excludes halogenated alkanes) is 1. The monoisotopic (exact) mass is 424 g/mol. The third-order valence-electron chi connectivity index (χ3n) is 3.59. The molecule has 1 aliphatic heterocycles. The number of thiophene rings is 1. The van der Waals surface area contributed by atoms with Crippen LogP contribution in [0.25, 0.3) is 0 Å². The molecule has 0 aliphatic carbocycles. The van der Waals surface area contributed by atoms with Crippen LogP contribution in [0.2, 0.25) is 0 Å². The summed E-state index contributed by atoms with van der Waals surface area (Å²) in [6.45, 7) is 4.57. The van der Waals surface area contributed by atoms with Crippen LogP contribution in [0.5, 0.6) is 0 Å². The first-order valence-electron chi connectivity index (χ1n) is 7.57. The van der Waals surface area contributed by atoms with Crippen LogP contribution in [-0.4, -0.2) is 62.9 Å². The van der Waals surface area contributed by atoms with Crippen molar-refractivity contribution in [1.29, 1.82) is 0 Å². The standard InChI is InChI=1S/C14H21BrN2O4S2/c1-2-3-10-21-13(18)11-16-6-8-17(9-7-16)23(19,20)14-5-4-12(15)22-14/h4-5H,2-3,6-11H2,1H3. The Hall–Kier alpha value is -0.480. The molecule has 1 fully saturated rings. The lowest BCUT2D eigenvalue weighted by atomic mass is 10.3. The van der Waals surface area contributed by atoms with E-state index in [0.717, 1.165) is 16.6 Å². The van der Waals surface area contributed by atoms with E-state index in [1.165, 1.54) is 15.6 Å². The van der Waals surface area contributed by atoms with Gasteiger partial charge in [-0.15, -0.1) is 11.3 Å². The molecule has 0 aromatic carbocycles. The number of carbonyl (C=O) groups is 1. The SMILES string of the molecule is CCCCOC(=O)CN1CCN(S(=O)(=O)c2ccc(Br)s2)CC1. The van der Waals surface area contributed by atoms with Crippen molar-refractivity contribution in [3.63, 3.8) is 0 Å². The number of halogens is 1. The molecule has 0 saturated carbocycles. The van der Waals surface area contributed by atoms with Gasteiger partial charge in [-0.2, -0.15) is 4.31 Å². The van der Waals surface area contributed by atoms with E-state index in [1.54, 1.807) is 12.1 Å². The Balaban J connectivity index is 1.83. The molecule has 0 radical (unpaired) electrons. The van der Waals surface area contributed by atoms with E-state index < -0.39 is 10.0 Å². The van der Waals surface area contributed by atoms with Crippen LogP contribution in [0.3, 0.4) is 0 Å². The third-order valence-corrected chi connectivity index (χ3v) is 7.58. The molecule has 1 saturated heterocycles. The van der Waals surface area contributed by atoms with Gasteiger partial charge in [-0.25, -0.2) is 8.42 Å². The molecule has 0 amide bonds. The van der Waals surface area contributed by atoms with Crippen molar-refractivity contribution in [2.75, 3.05) is 39.3 Å². The molecule has 0 atom stereocenters. The van der Waals surface area contributed by atoms with E-state index in [0.29, 0.717) is 37.0 Å². The highest BCUT2D eigenvalue weighted by molar-refractivity contribution is 9.11. The Morgan fingerprint density at radius 1 is 1.30 bits per heavy atom. The summed E-state index contributed by atoms with van der Waals surface area (Å²) in [6, 6.07) is 3.35. The maximum absolute atomic E-state index is 12.5. The van der Waals surface area contributed by atoms with Crippen LogP contribution in [0.15, 0.2) is 20.1 Å². The first kappa shape index (κ1) is 18.9. The first-order valence-corrected chi connectivity index (χ1v) is 10.6. The summed E-state index contributed by atoms with van der Waals surface area (Å²) in [6.07, 6.45) is 1.86. The molecule has 0 unspecified atom stereocenters. The summed E-state index contributed by atoms with van der Waals surface area (Å²) in [5.41, 5.74) is 0.